The summed E-state index contributed by atoms with van der Waals surface area (Å²) in [7, 11) is 0. The molecule has 9 heteroatoms. The third-order valence-corrected chi connectivity index (χ3v) is 4.31. The Labute approximate surface area is 170 Å². The quantitative estimate of drug-likeness (QED) is 0.367. The number of ether oxygens (including phenoxy) is 1. The van der Waals surface area contributed by atoms with Crippen LogP contribution < -0.4 is 20.9 Å². The second-order valence-corrected chi connectivity index (χ2v) is 6.74. The molecule has 2 rings (SSSR count). The number of rotatable bonds is 5. The number of hydrogen-bond acceptors (Lipinski definition) is 5. The van der Waals surface area contributed by atoms with Gasteiger partial charge in [-0.2, -0.15) is 0 Å². The minimum absolute atomic E-state index is 0.0480. The van der Waals surface area contributed by atoms with E-state index in [-0.39, 0.29) is 11.7 Å². The lowest BCUT2D eigenvalue weighted by atomic mass is 10.2. The number of carbonyl (C=O) groups is 2. The van der Waals surface area contributed by atoms with E-state index >= 15 is 0 Å². The molecule has 2 aromatic rings. The molecule has 142 valence electrons. The topological polar surface area (TPSA) is 92.6 Å². The lowest BCUT2D eigenvalue weighted by Crippen LogP contribution is -2.49. The predicted octanol–water partition coefficient (Wildman–Crippen LogP) is 2.77. The van der Waals surface area contributed by atoms with Gasteiger partial charge in [-0.05, 0) is 68.0 Å². The van der Waals surface area contributed by atoms with Crippen molar-refractivity contribution in [2.24, 2.45) is 0 Å². The van der Waals surface area contributed by atoms with Crippen LogP contribution in [0.3, 0.4) is 0 Å². The van der Waals surface area contributed by atoms with Crippen LogP contribution in [0.4, 0.5) is 0 Å². The monoisotopic (exact) mass is 451 g/mol. The molecule has 1 heterocycles. The fourth-order valence-corrected chi connectivity index (χ4v) is 2.30. The van der Waals surface area contributed by atoms with E-state index in [0.29, 0.717) is 11.5 Å². The van der Waals surface area contributed by atoms with Crippen LogP contribution >= 0.6 is 28.1 Å². The SMILES string of the molecule is Cc1ccc(C=CC(=O)NC(=S)NNC(=O)COc2ccc(Br)c(C)c2)o1. The highest BCUT2D eigenvalue weighted by molar-refractivity contribution is 9.10. The number of halogens is 1. The first kappa shape index (κ1) is 20.7. The van der Waals surface area contributed by atoms with Gasteiger partial charge in [0.25, 0.3) is 5.91 Å². The number of benzene rings is 1. The van der Waals surface area contributed by atoms with Crippen molar-refractivity contribution >= 4 is 51.2 Å². The first-order valence-corrected chi connectivity index (χ1v) is 9.07. The van der Waals surface area contributed by atoms with E-state index in [1.54, 1.807) is 25.1 Å². The van der Waals surface area contributed by atoms with Crippen molar-refractivity contribution in [3.63, 3.8) is 0 Å². The minimum Gasteiger partial charge on any atom is -0.484 e. The molecule has 0 aliphatic rings. The Hall–Kier alpha value is -2.65. The number of carbonyl (C=O) groups excluding carboxylic acids is 2. The summed E-state index contributed by atoms with van der Waals surface area (Å²) < 4.78 is 11.6. The van der Waals surface area contributed by atoms with Crippen molar-refractivity contribution < 1.29 is 18.7 Å². The second-order valence-electron chi connectivity index (χ2n) is 5.47. The first-order valence-electron chi connectivity index (χ1n) is 7.87. The van der Waals surface area contributed by atoms with Gasteiger partial charge >= 0.3 is 0 Å². The van der Waals surface area contributed by atoms with E-state index < -0.39 is 11.8 Å². The van der Waals surface area contributed by atoms with E-state index in [1.807, 2.05) is 19.1 Å². The summed E-state index contributed by atoms with van der Waals surface area (Å²) in [5.74, 6) is 0.955. The molecule has 0 atom stereocenters. The van der Waals surface area contributed by atoms with Crippen molar-refractivity contribution in [1.82, 2.24) is 16.2 Å². The third-order valence-electron chi connectivity index (χ3n) is 3.21. The van der Waals surface area contributed by atoms with Crippen molar-refractivity contribution in [3.05, 3.63) is 58.0 Å². The van der Waals surface area contributed by atoms with Crippen LogP contribution in [-0.4, -0.2) is 23.5 Å². The lowest BCUT2D eigenvalue weighted by Gasteiger charge is -2.11. The highest BCUT2D eigenvalue weighted by atomic mass is 79.9. The maximum Gasteiger partial charge on any atom is 0.276 e. The molecule has 27 heavy (non-hydrogen) atoms. The second kappa shape index (κ2) is 9.89. The number of aryl methyl sites for hydroxylation is 2. The molecule has 0 spiro atoms. The van der Waals surface area contributed by atoms with Gasteiger partial charge in [-0.25, -0.2) is 0 Å². The van der Waals surface area contributed by atoms with Crippen LogP contribution in [0.15, 0.2) is 45.3 Å². The van der Waals surface area contributed by atoms with Crippen LogP contribution in [0.5, 0.6) is 5.75 Å². The zero-order valence-electron chi connectivity index (χ0n) is 14.7. The lowest BCUT2D eigenvalue weighted by molar-refractivity contribution is -0.123. The summed E-state index contributed by atoms with van der Waals surface area (Å²) in [5.41, 5.74) is 5.76. The molecule has 1 aromatic carbocycles. The van der Waals surface area contributed by atoms with Crippen LogP contribution in [0.25, 0.3) is 6.08 Å². The number of nitrogens with one attached hydrogen (secondary N) is 3. The van der Waals surface area contributed by atoms with E-state index in [4.69, 9.17) is 21.4 Å². The predicted molar refractivity (Wildman–Crippen MR) is 109 cm³/mol. The van der Waals surface area contributed by atoms with Crippen molar-refractivity contribution in [1.29, 1.82) is 0 Å². The Balaban J connectivity index is 1.69. The van der Waals surface area contributed by atoms with Gasteiger partial charge < -0.3 is 9.15 Å². The average Bonchev–Trinajstić information content (AvgIpc) is 3.04. The van der Waals surface area contributed by atoms with Gasteiger partial charge in [-0.15, -0.1) is 0 Å². The van der Waals surface area contributed by atoms with Crippen LogP contribution in [-0.2, 0) is 9.59 Å². The Kier molecular flexibility index (Phi) is 7.56. The standard InChI is InChI=1S/C18H18BrN3O4S/c1-11-9-14(5-7-15(11)19)25-10-17(24)21-22-18(27)20-16(23)8-6-13-4-3-12(2)26-13/h3-9H,10H2,1-2H3,(H,21,24)(H2,20,22,23,27). The molecule has 0 aliphatic heterocycles. The van der Waals surface area contributed by atoms with Crippen LogP contribution in [0.1, 0.15) is 17.1 Å². The number of thiocarbonyl (C=S) groups is 1. The number of hydrazine groups is 1. The number of hydrogen-bond donors (Lipinski definition) is 3. The zero-order chi connectivity index (χ0) is 19.8. The first-order chi connectivity index (χ1) is 12.8. The molecule has 0 fully saturated rings. The summed E-state index contributed by atoms with van der Waals surface area (Å²) in [6, 6.07) is 8.92. The van der Waals surface area contributed by atoms with Gasteiger partial charge in [0.1, 0.15) is 17.3 Å². The van der Waals surface area contributed by atoms with E-state index in [0.717, 1.165) is 15.8 Å². The van der Waals surface area contributed by atoms with Gasteiger partial charge in [-0.1, -0.05) is 15.9 Å². The summed E-state index contributed by atoms with van der Waals surface area (Å²) in [6.45, 7) is 3.52. The molecular formula is C18H18BrN3O4S. The molecule has 0 bridgehead atoms. The summed E-state index contributed by atoms with van der Waals surface area (Å²) in [4.78, 5) is 23.5. The fourth-order valence-electron chi connectivity index (χ4n) is 1.90. The van der Waals surface area contributed by atoms with Crippen molar-refractivity contribution in [2.45, 2.75) is 13.8 Å². The van der Waals surface area contributed by atoms with Gasteiger partial charge in [0.2, 0.25) is 5.91 Å². The molecule has 0 saturated heterocycles. The average molecular weight is 452 g/mol. The molecule has 0 radical (unpaired) electrons. The van der Waals surface area contributed by atoms with E-state index in [9.17, 15) is 9.59 Å². The Morgan fingerprint density at radius 1 is 1.22 bits per heavy atom. The Morgan fingerprint density at radius 3 is 2.67 bits per heavy atom. The Morgan fingerprint density at radius 2 is 2.00 bits per heavy atom. The van der Waals surface area contributed by atoms with Gasteiger partial charge in [0, 0.05) is 10.5 Å². The molecule has 3 N–H and O–H groups in total. The van der Waals surface area contributed by atoms with Crippen LogP contribution in [0.2, 0.25) is 0 Å². The highest BCUT2D eigenvalue weighted by Gasteiger charge is 2.06. The number of furan rings is 1. The minimum atomic E-state index is -0.461. The largest absolute Gasteiger partial charge is 0.484 e. The zero-order valence-corrected chi connectivity index (χ0v) is 17.1. The fraction of sp³-hybridized carbons (Fsp3) is 0.167. The van der Waals surface area contributed by atoms with Gasteiger partial charge in [0.15, 0.2) is 11.7 Å². The molecule has 0 saturated carbocycles. The molecule has 2 amide bonds. The van der Waals surface area contributed by atoms with Crippen molar-refractivity contribution in [3.8, 4) is 5.75 Å². The third kappa shape index (κ3) is 7.24. The molecule has 0 unspecified atom stereocenters. The normalized spacial score (nSPS) is 10.5. The summed E-state index contributed by atoms with van der Waals surface area (Å²) >= 11 is 8.32. The molecular weight excluding hydrogens is 434 g/mol. The van der Waals surface area contributed by atoms with Gasteiger partial charge in [0.05, 0.1) is 0 Å². The van der Waals surface area contributed by atoms with Gasteiger partial charge in [-0.3, -0.25) is 25.8 Å². The number of amides is 2. The van der Waals surface area contributed by atoms with E-state index in [2.05, 4.69) is 32.1 Å². The maximum absolute atomic E-state index is 11.8. The maximum atomic E-state index is 11.8. The summed E-state index contributed by atoms with van der Waals surface area (Å²) in [6.07, 6.45) is 2.78. The smallest absolute Gasteiger partial charge is 0.276 e. The summed E-state index contributed by atoms with van der Waals surface area (Å²) in [5, 5.41) is 2.34. The Bertz CT molecular complexity index is 879. The van der Waals surface area contributed by atoms with E-state index in [1.165, 1.54) is 12.2 Å². The van der Waals surface area contributed by atoms with Crippen molar-refractivity contribution in [2.75, 3.05) is 6.61 Å². The molecule has 7 nitrogen and oxygen atoms in total. The highest BCUT2D eigenvalue weighted by Crippen LogP contribution is 2.21. The molecule has 0 aliphatic carbocycles. The van der Waals surface area contributed by atoms with Crippen LogP contribution in [0, 0.1) is 13.8 Å². The molecule has 1 aromatic heterocycles.